The van der Waals surface area contributed by atoms with Gasteiger partial charge in [-0.2, -0.15) is 0 Å². The smallest absolute Gasteiger partial charge is 0.337 e. The van der Waals surface area contributed by atoms with Crippen LogP contribution in [0.3, 0.4) is 0 Å². The third-order valence-corrected chi connectivity index (χ3v) is 7.09. The van der Waals surface area contributed by atoms with Crippen molar-refractivity contribution in [1.82, 2.24) is 0 Å². The summed E-state index contributed by atoms with van der Waals surface area (Å²) in [5.74, 6) is 0.539. The zero-order valence-electron chi connectivity index (χ0n) is 22.1. The Morgan fingerprint density at radius 1 is 0.842 bits per heavy atom. The molecule has 5 rings (SSSR count). The molecule has 3 nitrogen and oxygen atoms in total. The van der Waals surface area contributed by atoms with Gasteiger partial charge in [-0.25, -0.2) is 4.79 Å². The molecule has 0 N–H and O–H groups in total. The van der Waals surface area contributed by atoms with Crippen LogP contribution in [0.15, 0.2) is 103 Å². The molecule has 3 heteroatoms. The Morgan fingerprint density at radius 3 is 2.24 bits per heavy atom. The van der Waals surface area contributed by atoms with Crippen LogP contribution in [0.1, 0.15) is 64.0 Å². The molecule has 0 saturated carbocycles. The van der Waals surface area contributed by atoms with Crippen LogP contribution in [0.5, 0.6) is 5.75 Å². The topological polar surface area (TPSA) is 35.5 Å². The Hall–Kier alpha value is -4.37. The molecule has 4 aromatic rings. The van der Waals surface area contributed by atoms with E-state index >= 15 is 0 Å². The first-order valence-corrected chi connectivity index (χ1v) is 12.9. The summed E-state index contributed by atoms with van der Waals surface area (Å²) in [7, 11) is 1.39. The van der Waals surface area contributed by atoms with Gasteiger partial charge in [0, 0.05) is 0 Å². The fraction of sp³-hybridized carbons (Fsp3) is 0.171. The quantitative estimate of drug-likeness (QED) is 0.189. The number of hydrogen-bond acceptors (Lipinski definition) is 3. The summed E-state index contributed by atoms with van der Waals surface area (Å²) >= 11 is 0. The number of esters is 1. The van der Waals surface area contributed by atoms with Gasteiger partial charge in [0.25, 0.3) is 0 Å². The summed E-state index contributed by atoms with van der Waals surface area (Å²) in [6, 6.07) is 32.8. The van der Waals surface area contributed by atoms with Crippen LogP contribution < -0.4 is 4.74 Å². The molecule has 0 aliphatic heterocycles. The fourth-order valence-electron chi connectivity index (χ4n) is 4.84. The molecule has 0 atom stereocenters. The van der Waals surface area contributed by atoms with Crippen LogP contribution in [-0.2, 0) is 16.8 Å². The minimum Gasteiger partial charge on any atom is -0.489 e. The average molecular weight is 501 g/mol. The van der Waals surface area contributed by atoms with Gasteiger partial charge in [-0.15, -0.1) is 0 Å². The summed E-state index contributed by atoms with van der Waals surface area (Å²) < 4.78 is 10.8. The number of fused-ring (bicyclic) bond motifs is 1. The van der Waals surface area contributed by atoms with Crippen molar-refractivity contribution in [2.75, 3.05) is 7.11 Å². The van der Waals surface area contributed by atoms with E-state index in [1.165, 1.54) is 29.4 Å². The molecule has 0 amide bonds. The van der Waals surface area contributed by atoms with Crippen LogP contribution in [0.4, 0.5) is 0 Å². The first kappa shape index (κ1) is 25.3. The third kappa shape index (κ3) is 5.63. The number of carbonyl (C=O) groups is 1. The number of benzene rings is 4. The van der Waals surface area contributed by atoms with Gasteiger partial charge >= 0.3 is 5.97 Å². The number of hydrogen-bond donors (Lipinski definition) is 0. The Bertz CT molecular complexity index is 1470. The van der Waals surface area contributed by atoms with Crippen LogP contribution >= 0.6 is 0 Å². The van der Waals surface area contributed by atoms with Gasteiger partial charge in [0.2, 0.25) is 0 Å². The van der Waals surface area contributed by atoms with Crippen LogP contribution in [0.2, 0.25) is 0 Å². The molecule has 0 radical (unpaired) electrons. The first-order chi connectivity index (χ1) is 18.4. The SMILES string of the molecule is COC(=O)c1ccc(C=Cc2ccc3c(c2)C(c2ccc(OCc4ccccc4)cc2)=CCC3(C)C)cc1. The summed E-state index contributed by atoms with van der Waals surface area (Å²) in [5, 5.41) is 0. The lowest BCUT2D eigenvalue weighted by atomic mass is 9.72. The lowest BCUT2D eigenvalue weighted by Crippen LogP contribution is -2.21. The lowest BCUT2D eigenvalue weighted by Gasteiger charge is -2.32. The van der Waals surface area contributed by atoms with E-state index in [1.807, 2.05) is 30.3 Å². The van der Waals surface area contributed by atoms with E-state index in [4.69, 9.17) is 9.47 Å². The van der Waals surface area contributed by atoms with E-state index in [0.29, 0.717) is 12.2 Å². The maximum absolute atomic E-state index is 11.7. The maximum Gasteiger partial charge on any atom is 0.337 e. The predicted octanol–water partition coefficient (Wildman–Crippen LogP) is 8.34. The first-order valence-electron chi connectivity index (χ1n) is 12.9. The van der Waals surface area contributed by atoms with Crippen LogP contribution in [0, 0.1) is 0 Å². The number of methoxy groups -OCH3 is 1. The third-order valence-electron chi connectivity index (χ3n) is 7.09. The predicted molar refractivity (Wildman–Crippen MR) is 155 cm³/mol. The van der Waals surface area contributed by atoms with Crippen molar-refractivity contribution >= 4 is 23.7 Å². The van der Waals surface area contributed by atoms with Gasteiger partial charge in [-0.1, -0.05) is 98.8 Å². The standard InChI is InChI=1S/C35H32O3/c1-35(2)22-21-31(28-16-18-30(19-17-28)38-24-27-7-5-4-6-8-27)32-23-26(13-20-33(32)35)10-9-25-11-14-29(15-12-25)34(36)37-3/h4-21,23H,22,24H2,1-3H3. The van der Waals surface area contributed by atoms with Gasteiger partial charge < -0.3 is 9.47 Å². The summed E-state index contributed by atoms with van der Waals surface area (Å²) in [5.41, 5.74) is 9.00. The van der Waals surface area contributed by atoms with E-state index in [0.717, 1.165) is 28.9 Å². The van der Waals surface area contributed by atoms with Crippen molar-refractivity contribution in [3.8, 4) is 5.75 Å². The van der Waals surface area contributed by atoms with E-state index in [2.05, 4.69) is 86.7 Å². The maximum atomic E-state index is 11.7. The monoisotopic (exact) mass is 500 g/mol. The van der Waals surface area contributed by atoms with E-state index in [9.17, 15) is 4.79 Å². The second-order valence-corrected chi connectivity index (χ2v) is 10.3. The fourth-order valence-corrected chi connectivity index (χ4v) is 4.84. The second kappa shape index (κ2) is 10.9. The van der Waals surface area contributed by atoms with Gasteiger partial charge in [0.05, 0.1) is 12.7 Å². The molecule has 1 aliphatic rings. The van der Waals surface area contributed by atoms with Crippen molar-refractivity contribution in [1.29, 1.82) is 0 Å². The largest absolute Gasteiger partial charge is 0.489 e. The molecular formula is C35H32O3. The minimum absolute atomic E-state index is 0.0729. The Labute approximate surface area is 225 Å². The average Bonchev–Trinajstić information content (AvgIpc) is 2.96. The Balaban J connectivity index is 1.37. The minimum atomic E-state index is -0.326. The van der Waals surface area contributed by atoms with Crippen LogP contribution in [-0.4, -0.2) is 13.1 Å². The van der Waals surface area contributed by atoms with Crippen molar-refractivity contribution in [2.45, 2.75) is 32.3 Å². The molecule has 1 aliphatic carbocycles. The Kier molecular flexibility index (Phi) is 7.28. The van der Waals surface area contributed by atoms with Gasteiger partial charge in [0.1, 0.15) is 12.4 Å². The van der Waals surface area contributed by atoms with E-state index < -0.39 is 0 Å². The van der Waals surface area contributed by atoms with Crippen molar-refractivity contribution in [3.05, 3.63) is 142 Å². The summed E-state index contributed by atoms with van der Waals surface area (Å²) in [6.45, 7) is 5.16. The molecule has 0 aromatic heterocycles. The number of rotatable bonds is 7. The van der Waals surface area contributed by atoms with E-state index in [-0.39, 0.29) is 11.4 Å². The highest BCUT2D eigenvalue weighted by molar-refractivity contribution is 5.90. The highest BCUT2D eigenvalue weighted by atomic mass is 16.5. The molecule has 190 valence electrons. The zero-order chi connectivity index (χ0) is 26.5. The molecule has 0 spiro atoms. The van der Waals surface area contributed by atoms with E-state index in [1.54, 1.807) is 12.1 Å². The Morgan fingerprint density at radius 2 is 1.53 bits per heavy atom. The molecule has 0 unspecified atom stereocenters. The lowest BCUT2D eigenvalue weighted by molar-refractivity contribution is 0.0600. The van der Waals surface area contributed by atoms with Gasteiger partial charge in [0.15, 0.2) is 0 Å². The summed E-state index contributed by atoms with van der Waals surface area (Å²) in [6.07, 6.45) is 7.54. The number of allylic oxidation sites excluding steroid dienone is 1. The number of ether oxygens (including phenoxy) is 2. The molecule has 4 aromatic carbocycles. The normalized spacial score (nSPS) is 14.0. The highest BCUT2D eigenvalue weighted by Crippen LogP contribution is 2.42. The van der Waals surface area contributed by atoms with Crippen molar-refractivity contribution in [3.63, 3.8) is 0 Å². The molecular weight excluding hydrogens is 468 g/mol. The molecule has 38 heavy (non-hydrogen) atoms. The zero-order valence-corrected chi connectivity index (χ0v) is 22.1. The second-order valence-electron chi connectivity index (χ2n) is 10.3. The number of carbonyl (C=O) groups excluding carboxylic acids is 1. The van der Waals surface area contributed by atoms with Gasteiger partial charge in [-0.3, -0.25) is 0 Å². The molecule has 0 saturated heterocycles. The molecule has 0 heterocycles. The summed E-state index contributed by atoms with van der Waals surface area (Å²) in [4.78, 5) is 11.7. The molecule has 0 fully saturated rings. The van der Waals surface area contributed by atoms with Gasteiger partial charge in [-0.05, 0) is 81.1 Å². The van der Waals surface area contributed by atoms with Crippen LogP contribution in [0.25, 0.3) is 17.7 Å². The highest BCUT2D eigenvalue weighted by Gasteiger charge is 2.28. The van der Waals surface area contributed by atoms with Crippen molar-refractivity contribution < 1.29 is 14.3 Å². The van der Waals surface area contributed by atoms with Crippen molar-refractivity contribution in [2.24, 2.45) is 0 Å². The molecule has 0 bridgehead atoms.